The summed E-state index contributed by atoms with van der Waals surface area (Å²) in [5, 5.41) is 13.5. The van der Waals surface area contributed by atoms with Gasteiger partial charge in [0.25, 0.3) is 11.5 Å². The molecule has 4 fully saturated rings. The van der Waals surface area contributed by atoms with E-state index in [4.69, 9.17) is 11.6 Å². The number of benzene rings is 2. The number of pyridine rings is 1. The summed E-state index contributed by atoms with van der Waals surface area (Å²) in [6.07, 6.45) is 11.0. The Morgan fingerprint density at radius 2 is 1.57 bits per heavy atom. The molecule has 2 aromatic carbocycles. The maximum absolute atomic E-state index is 13.4. The lowest BCUT2D eigenvalue weighted by molar-refractivity contribution is -0.0503. The molecule has 2 heterocycles. The average molecular weight is 651 g/mol. The molecule has 0 unspecified atom stereocenters. The van der Waals surface area contributed by atoms with E-state index in [0.717, 1.165) is 41.0 Å². The molecule has 2 aromatic heterocycles. The minimum absolute atomic E-state index is 0.0346. The molecule has 0 aliphatic heterocycles. The van der Waals surface area contributed by atoms with E-state index in [1.165, 1.54) is 49.4 Å². The molecule has 9 nitrogen and oxygen atoms in total. The summed E-state index contributed by atoms with van der Waals surface area (Å²) in [4.78, 5) is 43.4. The van der Waals surface area contributed by atoms with Gasteiger partial charge in [0.2, 0.25) is 0 Å². The van der Waals surface area contributed by atoms with Gasteiger partial charge in [0.1, 0.15) is 5.69 Å². The van der Waals surface area contributed by atoms with Crippen LogP contribution in [0.15, 0.2) is 71.8 Å². The molecule has 4 aliphatic rings. The lowest BCUT2D eigenvalue weighted by Gasteiger charge is -2.56. The van der Waals surface area contributed by atoms with Crippen LogP contribution >= 0.6 is 11.6 Å². The number of hydrogen-bond donors (Lipinski definition) is 3. The summed E-state index contributed by atoms with van der Waals surface area (Å²) in [6.45, 7) is 4.68. The van der Waals surface area contributed by atoms with Crippen molar-refractivity contribution in [3.05, 3.63) is 93.5 Å². The number of aryl methyl sites for hydroxylation is 2. The molecule has 3 N–H and O–H groups in total. The minimum Gasteiger partial charge on any atom is -0.351 e. The van der Waals surface area contributed by atoms with Crippen molar-refractivity contribution >= 4 is 34.9 Å². The number of carbonyl (C=O) groups excluding carboxylic acids is 2. The Kier molecular flexibility index (Phi) is 8.34. The first kappa shape index (κ1) is 31.1. The van der Waals surface area contributed by atoms with Crippen molar-refractivity contribution in [3.63, 3.8) is 0 Å². The van der Waals surface area contributed by atoms with Gasteiger partial charge in [0, 0.05) is 36.6 Å². The first-order chi connectivity index (χ1) is 22.7. The number of carbonyl (C=O) groups is 2. The number of aromatic nitrogens is 3. The molecule has 0 radical (unpaired) electrons. The van der Waals surface area contributed by atoms with E-state index in [9.17, 15) is 14.4 Å². The summed E-state index contributed by atoms with van der Waals surface area (Å²) >= 11 is 6.22. The van der Waals surface area contributed by atoms with Crippen LogP contribution in [0.5, 0.6) is 0 Å². The van der Waals surface area contributed by atoms with Crippen LogP contribution in [0, 0.1) is 30.1 Å². The van der Waals surface area contributed by atoms with Gasteiger partial charge in [0.05, 0.1) is 16.4 Å². The number of anilines is 2. The van der Waals surface area contributed by atoms with Crippen molar-refractivity contribution < 1.29 is 9.59 Å². The third-order valence-electron chi connectivity index (χ3n) is 10.3. The molecule has 4 bridgehead atoms. The van der Waals surface area contributed by atoms with E-state index in [-0.39, 0.29) is 17.0 Å². The van der Waals surface area contributed by atoms with Crippen molar-refractivity contribution in [2.24, 2.45) is 23.2 Å². The monoisotopic (exact) mass is 650 g/mol. The van der Waals surface area contributed by atoms with Crippen LogP contribution in [-0.2, 0) is 6.54 Å². The molecule has 0 atom stereocenters. The second-order valence-corrected chi connectivity index (χ2v) is 14.1. The van der Waals surface area contributed by atoms with E-state index in [0.29, 0.717) is 34.1 Å². The fourth-order valence-electron chi connectivity index (χ4n) is 8.52. The van der Waals surface area contributed by atoms with Crippen LogP contribution in [0.25, 0.3) is 22.4 Å². The Labute approximate surface area is 279 Å². The average Bonchev–Trinajstić information content (AvgIpc) is 3.06. The smallest absolute Gasteiger partial charge is 0.323 e. The van der Waals surface area contributed by atoms with E-state index in [1.54, 1.807) is 19.2 Å². The van der Waals surface area contributed by atoms with E-state index in [2.05, 4.69) is 26.0 Å². The molecule has 0 saturated heterocycles. The quantitative estimate of drug-likeness (QED) is 0.182. The summed E-state index contributed by atoms with van der Waals surface area (Å²) in [5.74, 6) is 2.51. The SMILES string of the molecule is CCn1nc(-c2cccc(-c3cccc(C(=O)NCC45CC6CC(CC(C6)C4)C5)c3)c2)cc(NC(=O)Nc2c(C)cncc2Cl)c1=O. The maximum Gasteiger partial charge on any atom is 0.323 e. The molecular weight excluding hydrogens is 612 g/mol. The predicted molar refractivity (Wildman–Crippen MR) is 185 cm³/mol. The fraction of sp³-hybridized carbons (Fsp3) is 0.378. The number of hydrogen-bond acceptors (Lipinski definition) is 5. The Balaban J connectivity index is 1.09. The lowest BCUT2D eigenvalue weighted by atomic mass is 9.49. The highest BCUT2D eigenvalue weighted by atomic mass is 35.5. The molecule has 3 amide bonds. The first-order valence-electron chi connectivity index (χ1n) is 16.5. The van der Waals surface area contributed by atoms with E-state index in [1.807, 2.05) is 55.5 Å². The standard InChI is InChI=1S/C37H39ClN6O3/c1-3-44-35(46)32(41-36(47)42-33-22(2)19-39-20-30(33)38)15-31(43-44)28-8-4-6-26(13-28)27-7-5-9-29(14-27)34(45)40-21-37-16-23-10-24(17-37)12-25(11-23)18-37/h4-9,13-15,19-20,23-25H,3,10-12,16-18,21H2,1-2H3,(H,40,45)(H2,39,41,42,47). The minimum atomic E-state index is -0.606. The highest BCUT2D eigenvalue weighted by Gasteiger charge is 2.50. The van der Waals surface area contributed by atoms with Gasteiger partial charge < -0.3 is 16.0 Å². The summed E-state index contributed by atoms with van der Waals surface area (Å²) < 4.78 is 1.32. The molecule has 0 spiro atoms. The van der Waals surface area contributed by atoms with E-state index < -0.39 is 11.6 Å². The normalized spacial score (nSPS) is 22.6. The van der Waals surface area contributed by atoms with Crippen LogP contribution in [0.4, 0.5) is 16.2 Å². The Morgan fingerprint density at radius 1 is 0.915 bits per heavy atom. The van der Waals surface area contributed by atoms with Crippen molar-refractivity contribution in [1.29, 1.82) is 0 Å². The van der Waals surface area contributed by atoms with Crippen LogP contribution in [0.3, 0.4) is 0 Å². The number of nitrogens with zero attached hydrogens (tertiary/aromatic N) is 3. The van der Waals surface area contributed by atoms with Gasteiger partial charge in [-0.25, -0.2) is 9.48 Å². The second kappa shape index (κ2) is 12.6. The highest BCUT2D eigenvalue weighted by molar-refractivity contribution is 6.33. The number of halogens is 1. The molecule has 242 valence electrons. The highest BCUT2D eigenvalue weighted by Crippen LogP contribution is 2.59. The lowest BCUT2D eigenvalue weighted by Crippen LogP contribution is -2.51. The van der Waals surface area contributed by atoms with Gasteiger partial charge in [0.15, 0.2) is 0 Å². The van der Waals surface area contributed by atoms with Crippen molar-refractivity contribution in [1.82, 2.24) is 20.1 Å². The van der Waals surface area contributed by atoms with E-state index >= 15 is 0 Å². The Bertz CT molecular complexity index is 1860. The third kappa shape index (κ3) is 6.41. The largest absolute Gasteiger partial charge is 0.351 e. The Morgan fingerprint density at radius 3 is 2.26 bits per heavy atom. The molecule has 8 rings (SSSR count). The second-order valence-electron chi connectivity index (χ2n) is 13.7. The van der Waals surface area contributed by atoms with Crippen molar-refractivity contribution in [2.45, 2.75) is 58.9 Å². The third-order valence-corrected chi connectivity index (χ3v) is 10.5. The van der Waals surface area contributed by atoms with Gasteiger partial charge >= 0.3 is 6.03 Å². The topological polar surface area (TPSA) is 118 Å². The van der Waals surface area contributed by atoms with Gasteiger partial charge in [-0.2, -0.15) is 5.10 Å². The number of urea groups is 1. The number of nitrogens with one attached hydrogen (secondary N) is 3. The Hall–Kier alpha value is -4.50. The van der Waals surface area contributed by atoms with Gasteiger partial charge in [-0.15, -0.1) is 0 Å². The molecular formula is C37H39ClN6O3. The molecule has 10 heteroatoms. The zero-order chi connectivity index (χ0) is 32.7. The fourth-order valence-corrected chi connectivity index (χ4v) is 8.77. The molecule has 4 saturated carbocycles. The van der Waals surface area contributed by atoms with Crippen molar-refractivity contribution in [2.75, 3.05) is 17.2 Å². The summed E-state index contributed by atoms with van der Waals surface area (Å²) in [7, 11) is 0. The molecule has 4 aromatic rings. The number of rotatable bonds is 8. The van der Waals surface area contributed by atoms with Crippen molar-refractivity contribution in [3.8, 4) is 22.4 Å². The first-order valence-corrected chi connectivity index (χ1v) is 16.9. The summed E-state index contributed by atoms with van der Waals surface area (Å²) in [6, 6.07) is 16.4. The van der Waals surface area contributed by atoms with Gasteiger partial charge in [-0.3, -0.25) is 14.6 Å². The summed E-state index contributed by atoms with van der Waals surface area (Å²) in [5.41, 5.74) is 4.77. The van der Waals surface area contributed by atoms with Gasteiger partial charge in [-0.05, 0) is 116 Å². The van der Waals surface area contributed by atoms with Crippen LogP contribution in [-0.4, -0.2) is 33.2 Å². The maximum atomic E-state index is 13.4. The predicted octanol–water partition coefficient (Wildman–Crippen LogP) is 7.54. The van der Waals surface area contributed by atoms with Crippen LogP contribution < -0.4 is 21.5 Å². The number of amides is 3. The zero-order valence-corrected chi connectivity index (χ0v) is 27.4. The van der Waals surface area contributed by atoms with Gasteiger partial charge in [-0.1, -0.05) is 41.9 Å². The van der Waals surface area contributed by atoms with Crippen LogP contribution in [0.1, 0.15) is 61.4 Å². The molecule has 4 aliphatic carbocycles. The molecule has 47 heavy (non-hydrogen) atoms. The van der Waals surface area contributed by atoms with Crippen LogP contribution in [0.2, 0.25) is 5.02 Å². The zero-order valence-electron chi connectivity index (χ0n) is 26.7.